The molecule has 0 saturated heterocycles. The van der Waals surface area contributed by atoms with Crippen LogP contribution >= 0.6 is 0 Å². The Morgan fingerprint density at radius 3 is 2.68 bits per heavy atom. The average Bonchev–Trinajstić information content (AvgIpc) is 2.58. The number of hydrogen-bond acceptors (Lipinski definition) is 4. The zero-order chi connectivity index (χ0) is 15.6. The molecule has 22 heavy (non-hydrogen) atoms. The average molecular weight is 298 g/mol. The second kappa shape index (κ2) is 8.72. The van der Waals surface area contributed by atoms with Gasteiger partial charge in [0, 0.05) is 30.3 Å². The number of benzene rings is 2. The third kappa shape index (κ3) is 4.81. The van der Waals surface area contributed by atoms with E-state index in [4.69, 9.17) is 9.47 Å². The molecule has 0 spiro atoms. The molecule has 115 valence electrons. The Hall–Kier alpha value is -2.49. The Balaban J connectivity index is 1.95. The Morgan fingerprint density at radius 2 is 1.95 bits per heavy atom. The van der Waals surface area contributed by atoms with Gasteiger partial charge >= 0.3 is 0 Å². The van der Waals surface area contributed by atoms with Crippen molar-refractivity contribution in [2.45, 2.75) is 19.4 Å². The van der Waals surface area contributed by atoms with E-state index in [1.54, 1.807) is 7.11 Å². The van der Waals surface area contributed by atoms with Gasteiger partial charge in [0.15, 0.2) is 6.29 Å². The summed E-state index contributed by atoms with van der Waals surface area (Å²) in [5, 5.41) is 3.35. The van der Waals surface area contributed by atoms with Crippen LogP contribution in [0.2, 0.25) is 0 Å². The third-order valence-electron chi connectivity index (χ3n) is 3.21. The zero-order valence-electron chi connectivity index (χ0n) is 12.7. The molecule has 0 fully saturated rings. The van der Waals surface area contributed by atoms with Crippen LogP contribution in [0.5, 0.6) is 11.5 Å². The van der Waals surface area contributed by atoms with Crippen molar-refractivity contribution in [3.63, 3.8) is 0 Å². The quantitative estimate of drug-likeness (QED) is 0.719. The van der Waals surface area contributed by atoms with Crippen molar-refractivity contribution in [1.29, 1.82) is 0 Å². The maximum Gasteiger partial charge on any atom is 0.198 e. The van der Waals surface area contributed by atoms with E-state index in [-0.39, 0.29) is 0 Å². The molecule has 0 atom stereocenters. The van der Waals surface area contributed by atoms with Crippen molar-refractivity contribution >= 4 is 12.0 Å². The molecular formula is C18H20NO3. The maximum absolute atomic E-state index is 10.1. The van der Waals surface area contributed by atoms with Crippen molar-refractivity contribution < 1.29 is 14.3 Å². The molecule has 0 saturated carbocycles. The molecule has 0 aliphatic rings. The normalized spacial score (nSPS) is 10.0. The fourth-order valence-electron chi connectivity index (χ4n) is 2.05. The Kier molecular flexibility index (Phi) is 6.30. The summed E-state index contributed by atoms with van der Waals surface area (Å²) in [5.74, 6) is 1.52. The number of anilines is 1. The molecule has 4 nitrogen and oxygen atoms in total. The van der Waals surface area contributed by atoms with Crippen LogP contribution in [0.25, 0.3) is 0 Å². The van der Waals surface area contributed by atoms with Gasteiger partial charge in [0.05, 0.1) is 13.7 Å². The van der Waals surface area contributed by atoms with Crippen LogP contribution in [-0.4, -0.2) is 20.0 Å². The first kappa shape index (κ1) is 15.9. The topological polar surface area (TPSA) is 47.6 Å². The van der Waals surface area contributed by atoms with Crippen LogP contribution in [0.1, 0.15) is 18.4 Å². The standard InChI is InChI=1S/C18H20NO3/c1-21-18-13-17(22-12-6-5-11-20)10-9-15(18)14-19-16-7-3-2-4-8-16/h2-4,7-10,13,19H,5-6,12,14H2,1H3. The van der Waals surface area contributed by atoms with E-state index < -0.39 is 0 Å². The van der Waals surface area contributed by atoms with Gasteiger partial charge in [-0.05, 0) is 30.7 Å². The number of hydrogen-bond donors (Lipinski definition) is 1. The molecule has 0 aliphatic carbocycles. The van der Waals surface area contributed by atoms with Gasteiger partial charge in [0.25, 0.3) is 0 Å². The molecule has 0 bridgehead atoms. The van der Waals surface area contributed by atoms with E-state index in [0.717, 1.165) is 22.7 Å². The monoisotopic (exact) mass is 298 g/mol. The van der Waals surface area contributed by atoms with Gasteiger partial charge < -0.3 is 14.8 Å². The second-order valence-electron chi connectivity index (χ2n) is 4.79. The van der Waals surface area contributed by atoms with Crippen LogP contribution < -0.4 is 14.8 Å². The van der Waals surface area contributed by atoms with Crippen LogP contribution in [0, 0.1) is 0 Å². The lowest BCUT2D eigenvalue weighted by atomic mass is 10.2. The van der Waals surface area contributed by atoms with Crippen LogP contribution in [0.3, 0.4) is 0 Å². The Morgan fingerprint density at radius 1 is 1.14 bits per heavy atom. The summed E-state index contributed by atoms with van der Waals surface area (Å²) in [6.45, 7) is 1.17. The number of methoxy groups -OCH3 is 1. The zero-order valence-corrected chi connectivity index (χ0v) is 12.7. The largest absolute Gasteiger partial charge is 0.496 e. The summed E-state index contributed by atoms with van der Waals surface area (Å²) in [6, 6.07) is 15.8. The van der Waals surface area contributed by atoms with Gasteiger partial charge in [-0.3, -0.25) is 4.79 Å². The Labute approximate surface area is 131 Å². The smallest absolute Gasteiger partial charge is 0.198 e. The van der Waals surface area contributed by atoms with Gasteiger partial charge in [-0.2, -0.15) is 0 Å². The fraction of sp³-hybridized carbons (Fsp3) is 0.278. The minimum Gasteiger partial charge on any atom is -0.496 e. The molecule has 2 aromatic carbocycles. The third-order valence-corrected chi connectivity index (χ3v) is 3.21. The lowest BCUT2D eigenvalue weighted by Crippen LogP contribution is -2.03. The molecule has 1 N–H and O–H groups in total. The number of para-hydroxylation sites is 1. The van der Waals surface area contributed by atoms with Crippen molar-refractivity contribution in [1.82, 2.24) is 0 Å². The predicted octanol–water partition coefficient (Wildman–Crippen LogP) is 3.58. The van der Waals surface area contributed by atoms with Gasteiger partial charge in [0.1, 0.15) is 11.5 Å². The molecule has 0 unspecified atom stereocenters. The molecule has 2 rings (SSSR count). The van der Waals surface area contributed by atoms with E-state index in [1.807, 2.05) is 54.8 Å². The molecule has 0 heterocycles. The van der Waals surface area contributed by atoms with Gasteiger partial charge in [-0.25, -0.2) is 0 Å². The van der Waals surface area contributed by atoms with E-state index in [0.29, 0.717) is 26.0 Å². The van der Waals surface area contributed by atoms with E-state index in [9.17, 15) is 4.79 Å². The first-order valence-corrected chi connectivity index (χ1v) is 7.27. The van der Waals surface area contributed by atoms with Crippen molar-refractivity contribution in [3.8, 4) is 11.5 Å². The highest BCUT2D eigenvalue weighted by atomic mass is 16.5. The van der Waals surface area contributed by atoms with E-state index in [2.05, 4.69) is 5.32 Å². The molecule has 1 radical (unpaired) electrons. The van der Waals surface area contributed by atoms with Crippen molar-refractivity contribution in [2.75, 3.05) is 19.0 Å². The summed E-state index contributed by atoms with van der Waals surface area (Å²) < 4.78 is 11.0. The van der Waals surface area contributed by atoms with Crippen molar-refractivity contribution in [3.05, 3.63) is 54.1 Å². The van der Waals surface area contributed by atoms with Gasteiger partial charge in [0.2, 0.25) is 0 Å². The molecule has 0 aromatic heterocycles. The summed E-state index contributed by atoms with van der Waals surface area (Å²) in [7, 11) is 1.65. The number of unbranched alkanes of at least 4 members (excludes halogenated alkanes) is 1. The lowest BCUT2D eigenvalue weighted by Gasteiger charge is -2.13. The lowest BCUT2D eigenvalue weighted by molar-refractivity contribution is 0.310. The highest BCUT2D eigenvalue weighted by Crippen LogP contribution is 2.25. The fourth-order valence-corrected chi connectivity index (χ4v) is 2.05. The predicted molar refractivity (Wildman–Crippen MR) is 87.2 cm³/mol. The van der Waals surface area contributed by atoms with E-state index in [1.165, 1.54) is 0 Å². The first-order valence-electron chi connectivity index (χ1n) is 7.27. The highest BCUT2D eigenvalue weighted by molar-refractivity contribution is 5.50. The summed E-state index contributed by atoms with van der Waals surface area (Å²) in [6.07, 6.45) is 2.92. The minimum atomic E-state index is 0.399. The molecule has 0 amide bonds. The Bertz CT molecular complexity index is 584. The summed E-state index contributed by atoms with van der Waals surface area (Å²) in [4.78, 5) is 10.1. The van der Waals surface area contributed by atoms with Crippen LogP contribution in [0.4, 0.5) is 5.69 Å². The van der Waals surface area contributed by atoms with Crippen molar-refractivity contribution in [2.24, 2.45) is 0 Å². The molecular weight excluding hydrogens is 278 g/mol. The van der Waals surface area contributed by atoms with Crippen LogP contribution in [0.15, 0.2) is 48.5 Å². The highest BCUT2D eigenvalue weighted by Gasteiger charge is 2.05. The first-order chi connectivity index (χ1) is 10.8. The summed E-state index contributed by atoms with van der Waals surface area (Å²) >= 11 is 0. The SMILES string of the molecule is COc1cc(OCCC[C]=O)ccc1CNc1ccccc1. The number of rotatable bonds is 9. The van der Waals surface area contributed by atoms with Gasteiger partial charge in [-0.1, -0.05) is 18.2 Å². The number of carbonyl (C=O) groups excluding carboxylic acids is 1. The van der Waals surface area contributed by atoms with E-state index >= 15 is 0 Å². The van der Waals surface area contributed by atoms with Crippen LogP contribution in [-0.2, 0) is 11.3 Å². The molecule has 4 heteroatoms. The number of ether oxygens (including phenoxy) is 2. The maximum atomic E-state index is 10.1. The summed E-state index contributed by atoms with van der Waals surface area (Å²) in [5.41, 5.74) is 2.12. The second-order valence-corrected chi connectivity index (χ2v) is 4.79. The number of nitrogens with one attached hydrogen (secondary N) is 1. The molecule has 2 aromatic rings. The van der Waals surface area contributed by atoms with Gasteiger partial charge in [-0.15, -0.1) is 0 Å². The molecule has 0 aliphatic heterocycles. The minimum absolute atomic E-state index is 0.399.